The summed E-state index contributed by atoms with van der Waals surface area (Å²) in [5.74, 6) is 1.52. The Balaban J connectivity index is 0.00000462. The van der Waals surface area contributed by atoms with Gasteiger partial charge in [-0.1, -0.05) is 18.2 Å². The molecule has 2 aromatic carbocycles. The molecule has 0 aliphatic heterocycles. The van der Waals surface area contributed by atoms with Crippen LogP contribution in [0.4, 0.5) is 11.5 Å². The second kappa shape index (κ2) is 14.0. The molecule has 1 N–H and O–H groups in total. The molecule has 0 amide bonds. The first-order valence-electron chi connectivity index (χ1n) is 12.8. The number of sulfonamides is 1. The number of aromatic nitrogens is 1. The lowest BCUT2D eigenvalue weighted by atomic mass is 10.1. The van der Waals surface area contributed by atoms with Crippen molar-refractivity contribution >= 4 is 51.4 Å². The van der Waals surface area contributed by atoms with E-state index >= 15 is 0 Å². The van der Waals surface area contributed by atoms with Crippen LogP contribution in [0.25, 0.3) is 0 Å². The van der Waals surface area contributed by atoms with E-state index < -0.39 is 15.9 Å². The number of pyridine rings is 1. The van der Waals surface area contributed by atoms with E-state index in [0.717, 1.165) is 17.1 Å². The molecule has 4 aromatic rings. The minimum atomic E-state index is -3.80. The van der Waals surface area contributed by atoms with Gasteiger partial charge in [0.1, 0.15) is 17.2 Å². The summed E-state index contributed by atoms with van der Waals surface area (Å²) in [7, 11) is 1.20. The molecule has 0 atom stereocenters. The van der Waals surface area contributed by atoms with Crippen molar-refractivity contribution in [1.29, 1.82) is 0 Å². The van der Waals surface area contributed by atoms with E-state index in [9.17, 15) is 13.5 Å². The largest absolute Gasteiger partial charge is 0.858 e. The highest BCUT2D eigenvalue weighted by molar-refractivity contribution is 14.0. The van der Waals surface area contributed by atoms with E-state index in [1.807, 2.05) is 60.3 Å². The molecule has 11 heteroatoms. The van der Waals surface area contributed by atoms with Crippen molar-refractivity contribution in [3.8, 4) is 5.75 Å². The van der Waals surface area contributed by atoms with Crippen molar-refractivity contribution in [1.82, 2.24) is 4.31 Å². The Morgan fingerprint density at radius 3 is 2.41 bits per heavy atom. The number of furan rings is 1. The SMILES string of the molecule is COc1cc(C)c(S(=O)(=O)N(C)Cc2cc(C([O-])=NCCc3ccc(Nc4cccc[n+]4C)cc3)co2)c(C)c1.I. The number of anilines is 2. The molecule has 0 bridgehead atoms. The zero-order valence-electron chi connectivity index (χ0n) is 23.7. The monoisotopic (exact) mass is 690 g/mol. The number of nitrogens with one attached hydrogen (secondary N) is 1. The van der Waals surface area contributed by atoms with Crippen molar-refractivity contribution < 1.29 is 27.2 Å². The van der Waals surface area contributed by atoms with Crippen LogP contribution in [0.15, 0.2) is 87.4 Å². The van der Waals surface area contributed by atoms with Gasteiger partial charge in [-0.3, -0.25) is 0 Å². The fraction of sp³-hybridized carbons (Fsp3) is 0.267. The maximum Gasteiger partial charge on any atom is 0.279 e. The highest BCUT2D eigenvalue weighted by Crippen LogP contribution is 2.28. The minimum absolute atomic E-state index is 0. The van der Waals surface area contributed by atoms with Crippen LogP contribution in [0.1, 0.15) is 28.0 Å². The number of methoxy groups -OCH3 is 1. The topological polar surface area (TPSA) is 111 Å². The van der Waals surface area contributed by atoms with Gasteiger partial charge in [0.25, 0.3) is 5.82 Å². The van der Waals surface area contributed by atoms with E-state index in [1.54, 1.807) is 33.1 Å². The van der Waals surface area contributed by atoms with Crippen LogP contribution < -0.4 is 19.7 Å². The first-order chi connectivity index (χ1) is 19.1. The third kappa shape index (κ3) is 7.86. The normalized spacial score (nSPS) is 11.8. The molecule has 0 aliphatic carbocycles. The molecule has 218 valence electrons. The molecular weight excluding hydrogens is 655 g/mol. The molecule has 41 heavy (non-hydrogen) atoms. The molecule has 4 rings (SSSR count). The van der Waals surface area contributed by atoms with Crippen LogP contribution in [-0.4, -0.2) is 39.3 Å². The number of hydrogen-bond donors (Lipinski definition) is 1. The summed E-state index contributed by atoms with van der Waals surface area (Å²) < 4.78 is 40.5. The van der Waals surface area contributed by atoms with Crippen LogP contribution in [-0.2, 0) is 30.0 Å². The molecule has 9 nitrogen and oxygen atoms in total. The molecule has 0 aliphatic rings. The predicted octanol–water partition coefficient (Wildman–Crippen LogP) is 4.26. The number of benzene rings is 2. The first kappa shape index (κ1) is 32.1. The summed E-state index contributed by atoms with van der Waals surface area (Å²) in [4.78, 5) is 4.39. The average Bonchev–Trinajstić information content (AvgIpc) is 3.39. The van der Waals surface area contributed by atoms with Gasteiger partial charge in [-0.25, -0.2) is 18.3 Å². The molecule has 2 aromatic heterocycles. The molecule has 0 radical (unpaired) electrons. The Hall–Kier alpha value is -3.42. The van der Waals surface area contributed by atoms with E-state index in [2.05, 4.69) is 10.3 Å². The van der Waals surface area contributed by atoms with Gasteiger partial charge in [0.05, 0.1) is 38.1 Å². The van der Waals surface area contributed by atoms with Gasteiger partial charge in [-0.15, -0.1) is 24.0 Å². The van der Waals surface area contributed by atoms with Crippen LogP contribution in [0, 0.1) is 13.8 Å². The second-order valence-electron chi connectivity index (χ2n) is 9.61. The first-order valence-corrected chi connectivity index (χ1v) is 14.2. The highest BCUT2D eigenvalue weighted by Gasteiger charge is 2.26. The summed E-state index contributed by atoms with van der Waals surface area (Å²) in [5.41, 5.74) is 3.49. The number of halogens is 1. The molecule has 0 unspecified atom stereocenters. The van der Waals surface area contributed by atoms with E-state index in [1.165, 1.54) is 23.7 Å². The number of nitrogens with zero attached hydrogens (tertiary/aromatic N) is 3. The maximum atomic E-state index is 13.3. The summed E-state index contributed by atoms with van der Waals surface area (Å²) in [6, 6.07) is 18.9. The molecule has 0 fully saturated rings. The molecule has 0 spiro atoms. The standard InChI is InChI=1S/C30H34N4O5S.HI/c1-21-16-26(38-5)17-22(2)29(21)40(36,37)34(4)19-27-18-24(20-39-27)30(35)31-14-13-23-9-11-25(12-10-23)32-28-8-6-7-15-33(28)3;/h6-12,15-18,20H,13-14,19H2,1-5H3,(H,31,35);1H. The van der Waals surface area contributed by atoms with E-state index in [0.29, 0.717) is 35.6 Å². The lowest BCUT2D eigenvalue weighted by Crippen LogP contribution is -2.30. The fourth-order valence-electron chi connectivity index (χ4n) is 4.40. The van der Waals surface area contributed by atoms with Crippen molar-refractivity contribution in [3.63, 3.8) is 0 Å². The molecule has 0 saturated heterocycles. The van der Waals surface area contributed by atoms with Gasteiger partial charge in [0.15, 0.2) is 0 Å². The number of aliphatic imine (C=N–C) groups is 1. The smallest absolute Gasteiger partial charge is 0.279 e. The molecule has 2 heterocycles. The summed E-state index contributed by atoms with van der Waals surface area (Å²) >= 11 is 0. The van der Waals surface area contributed by atoms with E-state index in [4.69, 9.17) is 9.15 Å². The Morgan fingerprint density at radius 2 is 1.78 bits per heavy atom. The Bertz CT molecular complexity index is 1600. The highest BCUT2D eigenvalue weighted by atomic mass is 127. The number of ether oxygens (including phenoxy) is 1. The zero-order valence-corrected chi connectivity index (χ0v) is 26.9. The second-order valence-corrected chi connectivity index (χ2v) is 11.6. The average molecular weight is 691 g/mol. The lowest BCUT2D eigenvalue weighted by Gasteiger charge is -2.19. The third-order valence-corrected chi connectivity index (χ3v) is 8.66. The third-order valence-electron chi connectivity index (χ3n) is 6.55. The van der Waals surface area contributed by atoms with Crippen LogP contribution in [0.3, 0.4) is 0 Å². The van der Waals surface area contributed by atoms with Crippen molar-refractivity contribution in [2.75, 3.05) is 26.0 Å². The van der Waals surface area contributed by atoms with Crippen molar-refractivity contribution in [2.45, 2.75) is 31.7 Å². The summed E-state index contributed by atoms with van der Waals surface area (Å²) in [5, 5.41) is 16.0. The maximum absolute atomic E-state index is 13.3. The minimum Gasteiger partial charge on any atom is -0.858 e. The van der Waals surface area contributed by atoms with Crippen molar-refractivity contribution in [3.05, 3.63) is 101 Å². The fourth-order valence-corrected chi connectivity index (χ4v) is 5.95. The summed E-state index contributed by atoms with van der Waals surface area (Å²) in [6.07, 6.45) is 3.90. The Kier molecular flexibility index (Phi) is 10.9. The molecular formula is C30H35IN4O5S. The number of aryl methyl sites for hydroxylation is 3. The van der Waals surface area contributed by atoms with E-state index in [-0.39, 0.29) is 41.0 Å². The van der Waals surface area contributed by atoms with Gasteiger partial charge in [0, 0.05) is 25.2 Å². The molecule has 0 saturated carbocycles. The van der Waals surface area contributed by atoms with Gasteiger partial charge in [0.2, 0.25) is 10.0 Å². The van der Waals surface area contributed by atoms with Crippen molar-refractivity contribution in [2.24, 2.45) is 12.0 Å². The van der Waals surface area contributed by atoms with Crippen LogP contribution in [0.2, 0.25) is 0 Å². The Morgan fingerprint density at radius 1 is 1.10 bits per heavy atom. The van der Waals surface area contributed by atoms with Gasteiger partial charge >= 0.3 is 0 Å². The summed E-state index contributed by atoms with van der Waals surface area (Å²) in [6.45, 7) is 3.76. The lowest BCUT2D eigenvalue weighted by molar-refractivity contribution is -0.657. The Labute approximate surface area is 258 Å². The number of hydrogen-bond acceptors (Lipinski definition) is 7. The quantitative estimate of drug-likeness (QED) is 0.109. The van der Waals surface area contributed by atoms with Crippen LogP contribution >= 0.6 is 24.0 Å². The van der Waals surface area contributed by atoms with Crippen LogP contribution in [0.5, 0.6) is 5.75 Å². The predicted molar refractivity (Wildman–Crippen MR) is 168 cm³/mol. The van der Waals surface area contributed by atoms with Gasteiger partial charge in [-0.05, 0) is 79.3 Å². The number of rotatable bonds is 11. The zero-order chi connectivity index (χ0) is 28.9. The van der Waals surface area contributed by atoms with Gasteiger partial charge in [-0.2, -0.15) is 4.31 Å². The van der Waals surface area contributed by atoms with Gasteiger partial charge < -0.3 is 19.3 Å².